The van der Waals surface area contributed by atoms with E-state index < -0.39 is 4.92 Å². The first-order chi connectivity index (χ1) is 12.0. The number of nitro groups is 1. The lowest BCUT2D eigenvalue weighted by Gasteiger charge is -2.09. The molecule has 0 spiro atoms. The van der Waals surface area contributed by atoms with E-state index in [1.165, 1.54) is 12.1 Å². The van der Waals surface area contributed by atoms with Crippen LogP contribution in [0.5, 0.6) is 0 Å². The number of non-ortho nitro benzene ring substituents is 1. The molecule has 0 aliphatic heterocycles. The zero-order chi connectivity index (χ0) is 17.8. The molecule has 0 atom stereocenters. The zero-order valence-electron chi connectivity index (χ0n) is 13.4. The van der Waals surface area contributed by atoms with Gasteiger partial charge in [-0.15, -0.1) is 0 Å². The van der Waals surface area contributed by atoms with Crippen LogP contribution in [0.4, 0.5) is 17.1 Å². The molecule has 0 radical (unpaired) electrons. The number of nitro benzene ring substituents is 1. The Hall–Kier alpha value is -3.22. The molecule has 7 nitrogen and oxygen atoms in total. The number of benzene rings is 2. The molecule has 25 heavy (non-hydrogen) atoms. The van der Waals surface area contributed by atoms with Gasteiger partial charge in [0.15, 0.2) is 0 Å². The van der Waals surface area contributed by atoms with Crippen molar-refractivity contribution in [3.63, 3.8) is 0 Å². The summed E-state index contributed by atoms with van der Waals surface area (Å²) < 4.78 is 0. The van der Waals surface area contributed by atoms with Crippen molar-refractivity contribution in [1.29, 1.82) is 0 Å². The highest BCUT2D eigenvalue weighted by Gasteiger charge is 2.29. The zero-order valence-corrected chi connectivity index (χ0v) is 13.4. The molecule has 0 aromatic heterocycles. The van der Waals surface area contributed by atoms with Crippen molar-refractivity contribution in [3.8, 4) is 0 Å². The van der Waals surface area contributed by atoms with Gasteiger partial charge in [0.2, 0.25) is 11.8 Å². The number of carbonyl (C=O) groups is 2. The molecule has 1 fully saturated rings. The van der Waals surface area contributed by atoms with Crippen molar-refractivity contribution in [1.82, 2.24) is 0 Å². The van der Waals surface area contributed by atoms with Crippen LogP contribution in [0.15, 0.2) is 48.5 Å². The molecule has 2 aromatic rings. The smallest absolute Gasteiger partial charge is 0.269 e. The first-order valence-electron chi connectivity index (χ1n) is 7.95. The fourth-order valence-corrected chi connectivity index (χ4v) is 2.39. The molecule has 0 unspecified atom stereocenters. The molecule has 2 amide bonds. The largest absolute Gasteiger partial charge is 0.326 e. The van der Waals surface area contributed by atoms with Crippen LogP contribution in [0.2, 0.25) is 0 Å². The van der Waals surface area contributed by atoms with Crippen LogP contribution < -0.4 is 10.6 Å². The summed E-state index contributed by atoms with van der Waals surface area (Å²) in [6.45, 7) is 0. The van der Waals surface area contributed by atoms with E-state index in [1.807, 2.05) is 0 Å². The summed E-state index contributed by atoms with van der Waals surface area (Å²) in [6.07, 6.45) is 1.96. The fraction of sp³-hybridized carbons (Fsp3) is 0.222. The molecule has 7 heteroatoms. The molecule has 1 aliphatic rings. The molecule has 0 bridgehead atoms. The minimum absolute atomic E-state index is 0.00866. The Balaban J connectivity index is 1.58. The number of nitrogens with zero attached hydrogens (tertiary/aromatic N) is 1. The summed E-state index contributed by atoms with van der Waals surface area (Å²) in [7, 11) is 0. The molecule has 3 rings (SSSR count). The number of amides is 2. The summed E-state index contributed by atoms with van der Waals surface area (Å²) in [5.74, 6) is -0.116. The third-order valence-electron chi connectivity index (χ3n) is 3.87. The lowest BCUT2D eigenvalue weighted by molar-refractivity contribution is -0.384. The third kappa shape index (κ3) is 4.63. The first kappa shape index (κ1) is 16.6. The van der Waals surface area contributed by atoms with Crippen LogP contribution in [0.1, 0.15) is 18.4 Å². The van der Waals surface area contributed by atoms with Gasteiger partial charge in [-0.05, 0) is 36.6 Å². The lowest BCUT2D eigenvalue weighted by atomic mass is 10.1. The molecule has 1 aliphatic carbocycles. The van der Waals surface area contributed by atoms with Gasteiger partial charge in [0.1, 0.15) is 0 Å². The van der Waals surface area contributed by atoms with E-state index in [9.17, 15) is 19.7 Å². The Morgan fingerprint density at radius 2 is 1.68 bits per heavy atom. The van der Waals surface area contributed by atoms with Crippen LogP contribution in [-0.4, -0.2) is 16.7 Å². The minimum Gasteiger partial charge on any atom is -0.326 e. The van der Waals surface area contributed by atoms with E-state index >= 15 is 0 Å². The van der Waals surface area contributed by atoms with Crippen molar-refractivity contribution in [2.75, 3.05) is 10.6 Å². The number of carbonyl (C=O) groups excluding carboxylic acids is 2. The normalized spacial score (nSPS) is 13.1. The highest BCUT2D eigenvalue weighted by molar-refractivity contribution is 5.96. The average molecular weight is 339 g/mol. The molecule has 2 N–H and O–H groups in total. The second-order valence-corrected chi connectivity index (χ2v) is 5.99. The van der Waals surface area contributed by atoms with Crippen LogP contribution >= 0.6 is 0 Å². The quantitative estimate of drug-likeness (QED) is 0.623. The van der Waals surface area contributed by atoms with E-state index in [2.05, 4.69) is 10.6 Å². The van der Waals surface area contributed by atoms with Crippen LogP contribution in [-0.2, 0) is 16.0 Å². The highest BCUT2D eigenvalue weighted by atomic mass is 16.6. The summed E-state index contributed by atoms with van der Waals surface area (Å²) in [5, 5.41) is 16.2. The van der Waals surface area contributed by atoms with Gasteiger partial charge < -0.3 is 10.6 Å². The van der Waals surface area contributed by atoms with Gasteiger partial charge in [0.25, 0.3) is 5.69 Å². The molecular weight excluding hydrogens is 322 g/mol. The Labute approximate surface area is 144 Å². The Morgan fingerprint density at radius 1 is 1.04 bits per heavy atom. The van der Waals surface area contributed by atoms with Crippen molar-refractivity contribution >= 4 is 28.9 Å². The Bertz CT molecular complexity index is 813. The van der Waals surface area contributed by atoms with E-state index in [1.54, 1.807) is 36.4 Å². The monoisotopic (exact) mass is 339 g/mol. The lowest BCUT2D eigenvalue weighted by Crippen LogP contribution is -2.16. The van der Waals surface area contributed by atoms with Gasteiger partial charge in [-0.25, -0.2) is 0 Å². The van der Waals surface area contributed by atoms with E-state index in [-0.39, 0.29) is 29.8 Å². The molecular formula is C18H17N3O4. The Morgan fingerprint density at radius 3 is 2.28 bits per heavy atom. The predicted molar refractivity (Wildman–Crippen MR) is 93.2 cm³/mol. The third-order valence-corrected chi connectivity index (χ3v) is 3.87. The van der Waals surface area contributed by atoms with Crippen molar-refractivity contribution in [3.05, 3.63) is 64.2 Å². The molecule has 0 heterocycles. The van der Waals surface area contributed by atoms with E-state index in [0.717, 1.165) is 12.8 Å². The summed E-state index contributed by atoms with van der Waals surface area (Å²) in [4.78, 5) is 34.0. The number of hydrogen-bond acceptors (Lipinski definition) is 4. The summed E-state index contributed by atoms with van der Waals surface area (Å²) in [5.41, 5.74) is 1.90. The number of anilines is 2. The molecule has 128 valence electrons. The standard InChI is InChI=1S/C18H17N3O4/c22-17(10-12-4-8-16(9-5-12)21(24)25)19-14-2-1-3-15(11-14)20-18(23)13-6-7-13/h1-5,8-9,11,13H,6-7,10H2,(H,19,22)(H,20,23). The van der Waals surface area contributed by atoms with Gasteiger partial charge in [0.05, 0.1) is 11.3 Å². The SMILES string of the molecule is O=C(Cc1ccc([N+](=O)[O-])cc1)Nc1cccc(NC(=O)C2CC2)c1. The van der Waals surface area contributed by atoms with Crippen LogP contribution in [0.25, 0.3) is 0 Å². The Kier molecular flexibility index (Phi) is 4.74. The second kappa shape index (κ2) is 7.12. The topological polar surface area (TPSA) is 101 Å². The van der Waals surface area contributed by atoms with Crippen molar-refractivity contribution in [2.24, 2.45) is 5.92 Å². The van der Waals surface area contributed by atoms with Crippen LogP contribution in [0, 0.1) is 16.0 Å². The van der Waals surface area contributed by atoms with Crippen molar-refractivity contribution < 1.29 is 14.5 Å². The van der Waals surface area contributed by atoms with Gasteiger partial charge in [-0.2, -0.15) is 0 Å². The number of rotatable bonds is 6. The van der Waals surface area contributed by atoms with Gasteiger partial charge in [0, 0.05) is 29.4 Å². The second-order valence-electron chi connectivity index (χ2n) is 5.99. The maximum absolute atomic E-state index is 12.1. The first-order valence-corrected chi connectivity index (χ1v) is 7.95. The summed E-state index contributed by atoms with van der Waals surface area (Å²) >= 11 is 0. The number of nitrogens with one attached hydrogen (secondary N) is 2. The van der Waals surface area contributed by atoms with E-state index in [0.29, 0.717) is 16.9 Å². The number of hydrogen-bond donors (Lipinski definition) is 2. The highest BCUT2D eigenvalue weighted by Crippen LogP contribution is 2.30. The molecule has 1 saturated carbocycles. The molecule has 0 saturated heterocycles. The predicted octanol–water partition coefficient (Wildman–Crippen LogP) is 3.12. The van der Waals surface area contributed by atoms with Crippen LogP contribution in [0.3, 0.4) is 0 Å². The van der Waals surface area contributed by atoms with Gasteiger partial charge in [-0.1, -0.05) is 18.2 Å². The maximum Gasteiger partial charge on any atom is 0.269 e. The van der Waals surface area contributed by atoms with Gasteiger partial charge in [-0.3, -0.25) is 19.7 Å². The van der Waals surface area contributed by atoms with Gasteiger partial charge >= 0.3 is 0 Å². The fourth-order valence-electron chi connectivity index (χ4n) is 2.39. The van der Waals surface area contributed by atoms with Crippen molar-refractivity contribution in [2.45, 2.75) is 19.3 Å². The maximum atomic E-state index is 12.1. The summed E-state index contributed by atoms with van der Waals surface area (Å²) in [6, 6.07) is 12.8. The average Bonchev–Trinajstić information content (AvgIpc) is 3.40. The molecule has 2 aromatic carbocycles. The minimum atomic E-state index is -0.481. The van der Waals surface area contributed by atoms with E-state index in [4.69, 9.17) is 0 Å².